The average Bonchev–Trinajstić information content (AvgIpc) is 2.14. The summed E-state index contributed by atoms with van der Waals surface area (Å²) in [4.78, 5) is 0. The third-order valence-corrected chi connectivity index (χ3v) is 2.77. The summed E-state index contributed by atoms with van der Waals surface area (Å²) in [5.74, 6) is 0. The quantitative estimate of drug-likeness (QED) is 0.711. The van der Waals surface area contributed by atoms with Crippen LogP contribution in [0.3, 0.4) is 0 Å². The highest BCUT2D eigenvalue weighted by Gasteiger charge is 2.13. The molecular weight excluding hydrogens is 190 g/mol. The third-order valence-electron chi connectivity index (χ3n) is 1.75. The van der Waals surface area contributed by atoms with Gasteiger partial charge in [-0.05, 0) is 37.3 Å². The monoisotopic (exact) mass is 205 g/mol. The Hall–Kier alpha value is -1.11. The molecule has 0 aromatic heterocycles. The molecule has 0 radical (unpaired) electrons. The van der Waals surface area contributed by atoms with Crippen molar-refractivity contribution in [3.8, 4) is 6.07 Å². The van der Waals surface area contributed by atoms with Crippen LogP contribution in [-0.2, 0) is 11.0 Å². The highest BCUT2D eigenvalue weighted by atomic mass is 28.4. The van der Waals surface area contributed by atoms with Crippen LogP contribution in [0.5, 0.6) is 0 Å². The lowest BCUT2D eigenvalue weighted by atomic mass is 10.2. The van der Waals surface area contributed by atoms with E-state index in [2.05, 4.69) is 25.7 Å². The lowest BCUT2D eigenvalue weighted by molar-refractivity contribution is 0.299. The predicted molar refractivity (Wildman–Crippen MR) is 59.3 cm³/mol. The number of rotatable bonds is 3. The molecule has 1 rings (SSSR count). The number of nitriles is 1. The first-order chi connectivity index (χ1) is 6.51. The van der Waals surface area contributed by atoms with E-state index in [-0.39, 0.29) is 0 Å². The van der Waals surface area contributed by atoms with Crippen molar-refractivity contribution in [1.29, 1.82) is 5.26 Å². The molecule has 0 N–H and O–H groups in total. The van der Waals surface area contributed by atoms with Crippen molar-refractivity contribution in [3.05, 3.63) is 35.4 Å². The van der Waals surface area contributed by atoms with E-state index in [1.54, 1.807) is 0 Å². The predicted octanol–water partition coefficient (Wildman–Crippen LogP) is 2.91. The molecule has 14 heavy (non-hydrogen) atoms. The summed E-state index contributed by atoms with van der Waals surface area (Å²) in [6, 6.07) is 9.63. The molecule has 74 valence electrons. The fourth-order valence-electron chi connectivity index (χ4n) is 0.975. The van der Waals surface area contributed by atoms with E-state index >= 15 is 0 Å². The van der Waals surface area contributed by atoms with Gasteiger partial charge in [-0.25, -0.2) is 0 Å². The van der Waals surface area contributed by atoms with Gasteiger partial charge in [0, 0.05) is 0 Å². The molecule has 0 unspecified atom stereocenters. The Bertz CT molecular complexity index is 332. The van der Waals surface area contributed by atoms with Crippen LogP contribution in [0.1, 0.15) is 11.1 Å². The normalized spacial score (nSPS) is 11.0. The Labute approximate surface area is 86.3 Å². The van der Waals surface area contributed by atoms with Crippen LogP contribution < -0.4 is 0 Å². The zero-order chi connectivity index (χ0) is 10.6. The fraction of sp³-hybridized carbons (Fsp3) is 0.364. The summed E-state index contributed by atoms with van der Waals surface area (Å²) >= 11 is 0. The van der Waals surface area contributed by atoms with Gasteiger partial charge >= 0.3 is 0 Å². The molecule has 0 aliphatic rings. The first kappa shape index (κ1) is 11.0. The molecule has 1 aromatic carbocycles. The molecule has 0 amide bonds. The van der Waals surface area contributed by atoms with Gasteiger partial charge < -0.3 is 4.43 Å². The minimum absolute atomic E-state index is 0.654. The highest BCUT2D eigenvalue weighted by molar-refractivity contribution is 6.69. The molecule has 0 spiro atoms. The van der Waals surface area contributed by atoms with E-state index < -0.39 is 8.32 Å². The van der Waals surface area contributed by atoms with Gasteiger partial charge in [-0.3, -0.25) is 0 Å². The maximum atomic E-state index is 8.61. The molecule has 0 saturated heterocycles. The van der Waals surface area contributed by atoms with Crippen LogP contribution in [0.15, 0.2) is 24.3 Å². The van der Waals surface area contributed by atoms with Crippen LogP contribution >= 0.6 is 0 Å². The van der Waals surface area contributed by atoms with Gasteiger partial charge in [-0.2, -0.15) is 5.26 Å². The summed E-state index contributed by atoms with van der Waals surface area (Å²) in [5.41, 5.74) is 1.83. The summed E-state index contributed by atoms with van der Waals surface area (Å²) < 4.78 is 5.74. The second-order valence-electron chi connectivity index (χ2n) is 4.21. The molecule has 0 bridgehead atoms. The standard InChI is InChI=1S/C11H15NOSi/c1-14(2,3)13-9-11-6-4-10(8-12)5-7-11/h4-7H,9H2,1-3H3. The fourth-order valence-corrected chi connectivity index (χ4v) is 1.58. The van der Waals surface area contributed by atoms with Crippen LogP contribution in [0.25, 0.3) is 0 Å². The van der Waals surface area contributed by atoms with Gasteiger partial charge in [-0.1, -0.05) is 12.1 Å². The minimum atomic E-state index is -1.43. The maximum Gasteiger partial charge on any atom is 0.184 e. The SMILES string of the molecule is C[Si](C)(C)OCc1ccc(C#N)cc1. The molecule has 2 nitrogen and oxygen atoms in total. The van der Waals surface area contributed by atoms with Crippen molar-refractivity contribution in [2.75, 3.05) is 0 Å². The zero-order valence-corrected chi connectivity index (χ0v) is 9.87. The smallest absolute Gasteiger partial charge is 0.184 e. The van der Waals surface area contributed by atoms with Gasteiger partial charge in [0.15, 0.2) is 8.32 Å². The molecule has 1 aromatic rings. The van der Waals surface area contributed by atoms with E-state index in [0.717, 1.165) is 5.56 Å². The first-order valence-corrected chi connectivity index (χ1v) is 8.05. The van der Waals surface area contributed by atoms with Crippen LogP contribution in [-0.4, -0.2) is 8.32 Å². The van der Waals surface area contributed by atoms with Crippen LogP contribution in [0.2, 0.25) is 19.6 Å². The van der Waals surface area contributed by atoms with Crippen molar-refractivity contribution in [3.63, 3.8) is 0 Å². The maximum absolute atomic E-state index is 8.61. The first-order valence-electron chi connectivity index (χ1n) is 4.64. The van der Waals surface area contributed by atoms with E-state index in [1.807, 2.05) is 24.3 Å². The van der Waals surface area contributed by atoms with Crippen molar-refractivity contribution in [1.82, 2.24) is 0 Å². The molecule has 0 fully saturated rings. The Morgan fingerprint density at radius 2 is 1.79 bits per heavy atom. The number of hydrogen-bond donors (Lipinski definition) is 0. The van der Waals surface area contributed by atoms with Crippen molar-refractivity contribution in [2.24, 2.45) is 0 Å². The average molecular weight is 205 g/mol. The van der Waals surface area contributed by atoms with Gasteiger partial charge in [0.1, 0.15) is 0 Å². The van der Waals surface area contributed by atoms with Gasteiger partial charge in [0.2, 0.25) is 0 Å². The van der Waals surface area contributed by atoms with Gasteiger partial charge in [0.25, 0.3) is 0 Å². The Morgan fingerprint density at radius 3 is 2.21 bits per heavy atom. The van der Waals surface area contributed by atoms with Crippen LogP contribution in [0.4, 0.5) is 0 Å². The highest BCUT2D eigenvalue weighted by Crippen LogP contribution is 2.09. The van der Waals surface area contributed by atoms with Crippen molar-refractivity contribution in [2.45, 2.75) is 26.2 Å². The summed E-state index contributed by atoms with van der Waals surface area (Å²) in [5, 5.41) is 8.61. The molecule has 0 saturated carbocycles. The van der Waals surface area contributed by atoms with E-state index in [1.165, 1.54) is 0 Å². The van der Waals surface area contributed by atoms with Gasteiger partial charge in [0.05, 0.1) is 18.2 Å². The lowest BCUT2D eigenvalue weighted by Gasteiger charge is -2.16. The van der Waals surface area contributed by atoms with E-state index in [9.17, 15) is 0 Å². The largest absolute Gasteiger partial charge is 0.413 e. The Kier molecular flexibility index (Phi) is 3.45. The number of benzene rings is 1. The third kappa shape index (κ3) is 3.73. The Balaban J connectivity index is 2.58. The van der Waals surface area contributed by atoms with Crippen molar-refractivity contribution < 1.29 is 4.43 Å². The van der Waals surface area contributed by atoms with Crippen LogP contribution in [0, 0.1) is 11.3 Å². The lowest BCUT2D eigenvalue weighted by Crippen LogP contribution is -2.24. The molecule has 3 heteroatoms. The summed E-state index contributed by atoms with van der Waals surface area (Å²) in [6.45, 7) is 7.14. The Morgan fingerprint density at radius 1 is 1.21 bits per heavy atom. The molecule has 0 aliphatic heterocycles. The second-order valence-corrected chi connectivity index (χ2v) is 8.72. The zero-order valence-electron chi connectivity index (χ0n) is 8.87. The van der Waals surface area contributed by atoms with E-state index in [4.69, 9.17) is 9.69 Å². The minimum Gasteiger partial charge on any atom is -0.413 e. The second kappa shape index (κ2) is 4.40. The summed E-state index contributed by atoms with van der Waals surface area (Å²) in [7, 11) is -1.43. The number of nitrogens with zero attached hydrogens (tertiary/aromatic N) is 1. The summed E-state index contributed by atoms with van der Waals surface area (Å²) in [6.07, 6.45) is 0. The topological polar surface area (TPSA) is 33.0 Å². The molecule has 0 atom stereocenters. The molecule has 0 heterocycles. The molecule has 0 aliphatic carbocycles. The van der Waals surface area contributed by atoms with Gasteiger partial charge in [-0.15, -0.1) is 0 Å². The van der Waals surface area contributed by atoms with Crippen molar-refractivity contribution >= 4 is 8.32 Å². The molecular formula is C11H15NOSi. The van der Waals surface area contributed by atoms with E-state index in [0.29, 0.717) is 12.2 Å². The number of hydrogen-bond acceptors (Lipinski definition) is 2.